The molecule has 3 aliphatic rings. The summed E-state index contributed by atoms with van der Waals surface area (Å²) in [5, 5.41) is 19.9. The second-order valence-electron chi connectivity index (χ2n) is 6.51. The second kappa shape index (κ2) is 3.93. The van der Waals surface area contributed by atoms with Gasteiger partial charge in [-0.25, -0.2) is 4.79 Å². The van der Waals surface area contributed by atoms with Crippen molar-refractivity contribution in [2.75, 3.05) is 0 Å². The minimum atomic E-state index is -0.860. The molecular formula is C15H20O4. The van der Waals surface area contributed by atoms with Crippen LogP contribution >= 0.6 is 0 Å². The van der Waals surface area contributed by atoms with Crippen LogP contribution in [0, 0.1) is 17.3 Å². The van der Waals surface area contributed by atoms with Crippen LogP contribution in [0.3, 0.4) is 0 Å². The lowest BCUT2D eigenvalue weighted by Gasteiger charge is -2.52. The fourth-order valence-electron chi connectivity index (χ4n) is 4.16. The molecule has 0 aromatic heterocycles. The summed E-state index contributed by atoms with van der Waals surface area (Å²) in [6.07, 6.45) is 0.193. The standard InChI is InChI=1S/C15H20O4/c1-7-9-4-10-8(2)13(17)11(16)5-15(10,3)6-12(9)19-14(7)18/h9-13,16-17H,1-2,4-6H2,3H3/t9-,10-,11-,12+,13+,15+/m0/s1. The van der Waals surface area contributed by atoms with E-state index in [0.29, 0.717) is 24.0 Å². The second-order valence-corrected chi connectivity index (χ2v) is 6.51. The molecule has 3 fully saturated rings. The Morgan fingerprint density at radius 1 is 1.32 bits per heavy atom. The Morgan fingerprint density at radius 3 is 2.68 bits per heavy atom. The molecule has 1 saturated heterocycles. The lowest BCUT2D eigenvalue weighted by Crippen LogP contribution is -2.51. The van der Waals surface area contributed by atoms with Crippen molar-refractivity contribution in [3.05, 3.63) is 24.3 Å². The highest BCUT2D eigenvalue weighted by atomic mass is 16.6. The summed E-state index contributed by atoms with van der Waals surface area (Å²) in [6.45, 7) is 9.88. The molecule has 0 aromatic carbocycles. The number of carbonyl (C=O) groups is 1. The molecule has 0 bridgehead atoms. The zero-order valence-corrected chi connectivity index (χ0v) is 11.1. The summed E-state index contributed by atoms with van der Waals surface area (Å²) in [6, 6.07) is 0. The molecule has 6 atom stereocenters. The monoisotopic (exact) mass is 264 g/mol. The molecule has 4 heteroatoms. The highest BCUT2D eigenvalue weighted by molar-refractivity contribution is 5.90. The highest BCUT2D eigenvalue weighted by Gasteiger charge is 2.55. The number of rotatable bonds is 0. The zero-order valence-electron chi connectivity index (χ0n) is 11.1. The molecule has 19 heavy (non-hydrogen) atoms. The van der Waals surface area contributed by atoms with Gasteiger partial charge in [-0.1, -0.05) is 20.1 Å². The van der Waals surface area contributed by atoms with Gasteiger partial charge in [0.1, 0.15) is 12.2 Å². The lowest BCUT2D eigenvalue weighted by atomic mass is 9.54. The van der Waals surface area contributed by atoms with Gasteiger partial charge < -0.3 is 14.9 Å². The largest absolute Gasteiger partial charge is 0.458 e. The van der Waals surface area contributed by atoms with E-state index in [0.717, 1.165) is 6.42 Å². The first-order valence-electron chi connectivity index (χ1n) is 6.78. The number of aliphatic hydroxyl groups is 2. The molecule has 0 unspecified atom stereocenters. The van der Waals surface area contributed by atoms with Gasteiger partial charge in [0.05, 0.1) is 6.10 Å². The average molecular weight is 264 g/mol. The van der Waals surface area contributed by atoms with Gasteiger partial charge in [0, 0.05) is 11.5 Å². The van der Waals surface area contributed by atoms with Gasteiger partial charge in [-0.05, 0) is 36.2 Å². The first-order valence-corrected chi connectivity index (χ1v) is 6.78. The van der Waals surface area contributed by atoms with E-state index in [1.807, 2.05) is 0 Å². The van der Waals surface area contributed by atoms with Crippen molar-refractivity contribution in [3.63, 3.8) is 0 Å². The van der Waals surface area contributed by atoms with Crippen LogP contribution in [0.2, 0.25) is 0 Å². The maximum Gasteiger partial charge on any atom is 0.334 e. The van der Waals surface area contributed by atoms with E-state index < -0.39 is 12.2 Å². The molecule has 104 valence electrons. The summed E-state index contributed by atoms with van der Waals surface area (Å²) in [7, 11) is 0. The molecule has 0 spiro atoms. The van der Waals surface area contributed by atoms with Gasteiger partial charge in [0.2, 0.25) is 0 Å². The lowest BCUT2D eigenvalue weighted by molar-refractivity contribution is -0.144. The van der Waals surface area contributed by atoms with Crippen LogP contribution in [0.25, 0.3) is 0 Å². The van der Waals surface area contributed by atoms with E-state index in [1.165, 1.54) is 0 Å². The third-order valence-corrected chi connectivity index (χ3v) is 5.28. The number of ether oxygens (including phenoxy) is 1. The highest BCUT2D eigenvalue weighted by Crippen LogP contribution is 2.56. The Labute approximate surface area is 112 Å². The Morgan fingerprint density at radius 2 is 2.00 bits per heavy atom. The first-order chi connectivity index (χ1) is 8.83. The van der Waals surface area contributed by atoms with Gasteiger partial charge in [0.15, 0.2) is 0 Å². The molecule has 0 radical (unpaired) electrons. The van der Waals surface area contributed by atoms with E-state index in [1.54, 1.807) is 0 Å². The van der Waals surface area contributed by atoms with Gasteiger partial charge in [-0.3, -0.25) is 0 Å². The van der Waals surface area contributed by atoms with Crippen molar-refractivity contribution in [1.82, 2.24) is 0 Å². The SMILES string of the molecule is C=C1C(=O)O[C@@H]2C[C@@]3(C)C[C@H](O)[C@H](O)C(=C)[C@@H]3C[C@@H]12. The fraction of sp³-hybridized carbons (Fsp3) is 0.667. The molecule has 2 saturated carbocycles. The van der Waals surface area contributed by atoms with Crippen molar-refractivity contribution >= 4 is 5.97 Å². The molecular weight excluding hydrogens is 244 g/mol. The van der Waals surface area contributed by atoms with Crippen LogP contribution < -0.4 is 0 Å². The molecule has 3 rings (SSSR count). The van der Waals surface area contributed by atoms with Crippen LogP contribution in [0.1, 0.15) is 26.2 Å². The van der Waals surface area contributed by atoms with Crippen molar-refractivity contribution in [2.24, 2.45) is 17.3 Å². The number of hydrogen-bond acceptors (Lipinski definition) is 4. The van der Waals surface area contributed by atoms with Crippen molar-refractivity contribution in [3.8, 4) is 0 Å². The molecule has 2 N–H and O–H groups in total. The Bertz CT molecular complexity index is 469. The number of aliphatic hydroxyl groups excluding tert-OH is 2. The summed E-state index contributed by atoms with van der Waals surface area (Å²) in [4.78, 5) is 11.6. The van der Waals surface area contributed by atoms with Crippen LogP contribution in [0.5, 0.6) is 0 Å². The molecule has 0 aromatic rings. The topological polar surface area (TPSA) is 66.8 Å². The fourth-order valence-corrected chi connectivity index (χ4v) is 4.16. The maximum atomic E-state index is 11.6. The third-order valence-electron chi connectivity index (χ3n) is 5.28. The normalized spacial score (nSPS) is 49.6. The van der Waals surface area contributed by atoms with Gasteiger partial charge >= 0.3 is 5.97 Å². The maximum absolute atomic E-state index is 11.6. The van der Waals surface area contributed by atoms with Crippen LogP contribution in [0.4, 0.5) is 0 Å². The van der Waals surface area contributed by atoms with Crippen LogP contribution in [-0.2, 0) is 9.53 Å². The Balaban J connectivity index is 1.93. The molecule has 1 heterocycles. The molecule has 4 nitrogen and oxygen atoms in total. The Hall–Kier alpha value is -1.13. The zero-order chi connectivity index (χ0) is 13.9. The van der Waals surface area contributed by atoms with E-state index in [-0.39, 0.29) is 29.3 Å². The van der Waals surface area contributed by atoms with Gasteiger partial charge in [-0.2, -0.15) is 0 Å². The quantitative estimate of drug-likeness (QED) is 0.392. The molecule has 0 amide bonds. The van der Waals surface area contributed by atoms with Gasteiger partial charge in [-0.15, -0.1) is 0 Å². The first kappa shape index (κ1) is 12.9. The predicted octanol–water partition coefficient (Wildman–Crippen LogP) is 1.18. The average Bonchev–Trinajstić information content (AvgIpc) is 2.59. The number of hydrogen-bond donors (Lipinski definition) is 2. The number of carbonyl (C=O) groups excluding carboxylic acids is 1. The number of esters is 1. The minimum absolute atomic E-state index is 0.0322. The van der Waals surface area contributed by atoms with Gasteiger partial charge in [0.25, 0.3) is 0 Å². The minimum Gasteiger partial charge on any atom is -0.458 e. The third kappa shape index (κ3) is 1.70. The smallest absolute Gasteiger partial charge is 0.334 e. The molecule has 2 aliphatic carbocycles. The summed E-state index contributed by atoms with van der Waals surface area (Å²) < 4.78 is 5.38. The van der Waals surface area contributed by atoms with E-state index in [2.05, 4.69) is 20.1 Å². The summed E-state index contributed by atoms with van der Waals surface area (Å²) in [5.41, 5.74) is 1.06. The number of fused-ring (bicyclic) bond motifs is 2. The summed E-state index contributed by atoms with van der Waals surface area (Å²) in [5.74, 6) is -0.160. The van der Waals surface area contributed by atoms with Crippen molar-refractivity contribution in [1.29, 1.82) is 0 Å². The Kier molecular flexibility index (Phi) is 2.67. The van der Waals surface area contributed by atoms with Crippen molar-refractivity contribution in [2.45, 2.75) is 44.5 Å². The van der Waals surface area contributed by atoms with Crippen molar-refractivity contribution < 1.29 is 19.7 Å². The van der Waals surface area contributed by atoms with Crippen LogP contribution in [-0.4, -0.2) is 34.5 Å². The summed E-state index contributed by atoms with van der Waals surface area (Å²) >= 11 is 0. The van der Waals surface area contributed by atoms with E-state index in [9.17, 15) is 15.0 Å². The van der Waals surface area contributed by atoms with Crippen LogP contribution in [0.15, 0.2) is 24.3 Å². The van der Waals surface area contributed by atoms with E-state index >= 15 is 0 Å². The predicted molar refractivity (Wildman–Crippen MR) is 69.1 cm³/mol. The van der Waals surface area contributed by atoms with E-state index in [4.69, 9.17) is 4.74 Å². The molecule has 1 aliphatic heterocycles.